The Hall–Kier alpha value is -2.80. The molecule has 7 heteroatoms. The van der Waals surface area contributed by atoms with Gasteiger partial charge in [-0.05, 0) is 49.4 Å². The molecule has 0 unspecified atom stereocenters. The Labute approximate surface area is 174 Å². The van der Waals surface area contributed by atoms with Crippen LogP contribution in [-0.2, 0) is 10.2 Å². The smallest absolute Gasteiger partial charge is 0.257 e. The summed E-state index contributed by atoms with van der Waals surface area (Å²) in [5.74, 6) is 2.23. The van der Waals surface area contributed by atoms with Gasteiger partial charge in [-0.2, -0.15) is 11.8 Å². The minimum absolute atomic E-state index is 0.120. The highest BCUT2D eigenvalue weighted by Gasteiger charge is 2.44. The van der Waals surface area contributed by atoms with Crippen molar-refractivity contribution in [3.63, 3.8) is 0 Å². The molecule has 0 bridgehead atoms. The molecule has 0 saturated carbocycles. The minimum Gasteiger partial charge on any atom is -0.324 e. The molecule has 2 aromatic carbocycles. The zero-order valence-corrected chi connectivity index (χ0v) is 17.6. The molecular weight excluding hydrogens is 384 g/mol. The molecule has 2 amide bonds. The molecule has 0 fully saturated rings. The number of H-pyrrole nitrogens is 1. The summed E-state index contributed by atoms with van der Waals surface area (Å²) in [4.78, 5) is 35.0. The van der Waals surface area contributed by atoms with Gasteiger partial charge in [0.2, 0.25) is 11.9 Å². The summed E-state index contributed by atoms with van der Waals surface area (Å²) in [6, 6.07) is 13.0. The number of amides is 2. The zero-order valence-electron chi connectivity index (χ0n) is 16.8. The first kappa shape index (κ1) is 19.5. The summed E-state index contributed by atoms with van der Waals surface area (Å²) in [6.45, 7) is 6.72. The van der Waals surface area contributed by atoms with E-state index in [0.717, 1.165) is 33.8 Å². The zero-order chi connectivity index (χ0) is 20.6. The molecule has 4 rings (SSSR count). The van der Waals surface area contributed by atoms with E-state index in [2.05, 4.69) is 22.2 Å². The molecule has 0 saturated heterocycles. The Bertz CT molecular complexity index is 1080. The van der Waals surface area contributed by atoms with Gasteiger partial charge >= 0.3 is 0 Å². The van der Waals surface area contributed by atoms with Crippen LogP contribution in [0.4, 0.5) is 11.6 Å². The lowest BCUT2D eigenvalue weighted by atomic mass is 9.86. The van der Waals surface area contributed by atoms with Crippen LogP contribution in [0, 0.1) is 0 Å². The Kier molecular flexibility index (Phi) is 5.08. The third-order valence-corrected chi connectivity index (χ3v) is 6.15. The van der Waals surface area contributed by atoms with Crippen LogP contribution in [0.25, 0.3) is 11.0 Å². The molecule has 3 aromatic rings. The molecule has 1 aromatic heterocycles. The number of anilines is 2. The molecule has 1 aliphatic rings. The van der Waals surface area contributed by atoms with Gasteiger partial charge in [-0.15, -0.1) is 0 Å². The minimum atomic E-state index is -0.590. The van der Waals surface area contributed by atoms with E-state index in [4.69, 9.17) is 0 Å². The SMILES string of the molecule is CCSCCN1C(=O)C(C)(C)c2cc3nc(NC(=O)c4ccccc4)[nH]c3cc21. The average molecular weight is 409 g/mol. The van der Waals surface area contributed by atoms with E-state index in [1.165, 1.54) is 0 Å². The van der Waals surface area contributed by atoms with Crippen LogP contribution in [0.3, 0.4) is 0 Å². The number of carbonyl (C=O) groups excluding carboxylic acids is 2. The number of nitrogens with zero attached hydrogens (tertiary/aromatic N) is 2. The normalized spacial score (nSPS) is 15.0. The second-order valence-corrected chi connectivity index (χ2v) is 8.96. The number of rotatable bonds is 6. The highest BCUT2D eigenvalue weighted by molar-refractivity contribution is 7.99. The summed E-state index contributed by atoms with van der Waals surface area (Å²) in [6.07, 6.45) is 0. The number of hydrogen-bond acceptors (Lipinski definition) is 4. The van der Waals surface area contributed by atoms with Gasteiger partial charge in [-0.25, -0.2) is 4.98 Å². The molecule has 0 spiro atoms. The molecule has 150 valence electrons. The van der Waals surface area contributed by atoms with Gasteiger partial charge in [0.05, 0.1) is 22.1 Å². The van der Waals surface area contributed by atoms with E-state index in [9.17, 15) is 9.59 Å². The van der Waals surface area contributed by atoms with Crippen LogP contribution in [-0.4, -0.2) is 39.8 Å². The fourth-order valence-electron chi connectivity index (χ4n) is 3.68. The van der Waals surface area contributed by atoms with Gasteiger partial charge in [-0.3, -0.25) is 14.9 Å². The largest absolute Gasteiger partial charge is 0.324 e. The molecule has 0 atom stereocenters. The number of carbonyl (C=O) groups is 2. The Morgan fingerprint density at radius 3 is 2.72 bits per heavy atom. The second kappa shape index (κ2) is 7.55. The second-order valence-electron chi connectivity index (χ2n) is 7.57. The van der Waals surface area contributed by atoms with E-state index < -0.39 is 5.41 Å². The van der Waals surface area contributed by atoms with Crippen molar-refractivity contribution in [1.29, 1.82) is 0 Å². The lowest BCUT2D eigenvalue weighted by Crippen LogP contribution is -2.37. The highest BCUT2D eigenvalue weighted by atomic mass is 32.2. The van der Waals surface area contributed by atoms with Crippen LogP contribution in [0.1, 0.15) is 36.7 Å². The number of aromatic amines is 1. The summed E-state index contributed by atoms with van der Waals surface area (Å²) >= 11 is 1.82. The quantitative estimate of drug-likeness (QED) is 0.600. The first-order valence-electron chi connectivity index (χ1n) is 9.72. The van der Waals surface area contributed by atoms with Gasteiger partial charge in [0, 0.05) is 17.9 Å². The van der Waals surface area contributed by atoms with Crippen LogP contribution in [0.15, 0.2) is 42.5 Å². The number of nitrogens with one attached hydrogen (secondary N) is 2. The van der Waals surface area contributed by atoms with Crippen LogP contribution < -0.4 is 10.2 Å². The van der Waals surface area contributed by atoms with Gasteiger partial charge in [0.25, 0.3) is 5.91 Å². The third kappa shape index (κ3) is 3.51. The number of aromatic nitrogens is 2. The monoisotopic (exact) mass is 408 g/mol. The van der Waals surface area contributed by atoms with Crippen molar-refractivity contribution in [2.75, 3.05) is 28.3 Å². The molecular formula is C22H24N4O2S. The predicted molar refractivity (Wildman–Crippen MR) is 119 cm³/mol. The van der Waals surface area contributed by atoms with Crippen molar-refractivity contribution in [2.24, 2.45) is 0 Å². The first-order chi connectivity index (χ1) is 13.9. The maximum Gasteiger partial charge on any atom is 0.257 e. The Balaban J connectivity index is 1.65. The lowest BCUT2D eigenvalue weighted by molar-refractivity contribution is -0.122. The van der Waals surface area contributed by atoms with Gasteiger partial charge in [0.1, 0.15) is 0 Å². The third-order valence-electron chi connectivity index (χ3n) is 5.27. The number of hydrogen-bond donors (Lipinski definition) is 2. The van der Waals surface area contributed by atoms with Crippen LogP contribution >= 0.6 is 11.8 Å². The van der Waals surface area contributed by atoms with Crippen LogP contribution in [0.5, 0.6) is 0 Å². The fraction of sp³-hybridized carbons (Fsp3) is 0.318. The van der Waals surface area contributed by atoms with E-state index >= 15 is 0 Å². The van der Waals surface area contributed by atoms with Gasteiger partial charge in [0.15, 0.2) is 0 Å². The summed E-state index contributed by atoms with van der Waals surface area (Å²) in [7, 11) is 0. The standard InChI is InChI=1S/C22H24N4O2S/c1-4-29-11-10-26-18-13-17-16(12-15(18)22(2,3)20(26)28)23-21(24-17)25-19(27)14-8-6-5-7-9-14/h5-9,12-13H,4,10-11H2,1-3H3,(H2,23,24,25,27). The summed E-state index contributed by atoms with van der Waals surface area (Å²) < 4.78 is 0. The average Bonchev–Trinajstić information content (AvgIpc) is 3.18. The molecule has 0 radical (unpaired) electrons. The Morgan fingerprint density at radius 2 is 2.00 bits per heavy atom. The molecule has 0 aliphatic carbocycles. The molecule has 2 heterocycles. The van der Waals surface area contributed by atoms with E-state index in [1.807, 2.05) is 60.8 Å². The maximum absolute atomic E-state index is 13.0. The first-order valence-corrected chi connectivity index (χ1v) is 10.9. The van der Waals surface area contributed by atoms with Crippen molar-refractivity contribution < 1.29 is 9.59 Å². The number of benzene rings is 2. The van der Waals surface area contributed by atoms with E-state index in [1.54, 1.807) is 12.1 Å². The number of thioether (sulfide) groups is 1. The Morgan fingerprint density at radius 1 is 1.24 bits per heavy atom. The fourth-order valence-corrected chi connectivity index (χ4v) is 4.28. The summed E-state index contributed by atoms with van der Waals surface area (Å²) in [5.41, 5.74) is 3.41. The molecule has 1 aliphatic heterocycles. The van der Waals surface area contributed by atoms with E-state index in [-0.39, 0.29) is 11.8 Å². The van der Waals surface area contributed by atoms with Crippen molar-refractivity contribution in [3.05, 3.63) is 53.6 Å². The topological polar surface area (TPSA) is 78.1 Å². The van der Waals surface area contributed by atoms with Crippen molar-refractivity contribution >= 4 is 46.2 Å². The maximum atomic E-state index is 13.0. The molecule has 29 heavy (non-hydrogen) atoms. The van der Waals surface area contributed by atoms with Gasteiger partial charge < -0.3 is 9.88 Å². The van der Waals surface area contributed by atoms with Crippen LogP contribution in [0.2, 0.25) is 0 Å². The summed E-state index contributed by atoms with van der Waals surface area (Å²) in [5, 5.41) is 2.82. The predicted octanol–water partition coefficient (Wildman–Crippen LogP) is 4.19. The van der Waals surface area contributed by atoms with Crippen molar-refractivity contribution in [3.8, 4) is 0 Å². The van der Waals surface area contributed by atoms with Crippen molar-refractivity contribution in [1.82, 2.24) is 9.97 Å². The van der Waals surface area contributed by atoms with Gasteiger partial charge in [-0.1, -0.05) is 25.1 Å². The highest BCUT2D eigenvalue weighted by Crippen LogP contribution is 2.43. The molecule has 6 nitrogen and oxygen atoms in total. The number of imidazole rings is 1. The molecule has 2 N–H and O–H groups in total. The lowest BCUT2D eigenvalue weighted by Gasteiger charge is -2.20. The van der Waals surface area contributed by atoms with Crippen molar-refractivity contribution in [2.45, 2.75) is 26.2 Å². The van der Waals surface area contributed by atoms with E-state index in [0.29, 0.717) is 18.1 Å². The number of fused-ring (bicyclic) bond motifs is 2.